The van der Waals surface area contributed by atoms with E-state index in [4.69, 9.17) is 0 Å². The summed E-state index contributed by atoms with van der Waals surface area (Å²) in [6.45, 7) is 4.43. The number of benzene rings is 1. The molecule has 0 aliphatic rings. The molecule has 3 aromatic rings. The summed E-state index contributed by atoms with van der Waals surface area (Å²) in [7, 11) is 4.09. The highest BCUT2D eigenvalue weighted by atomic mass is 32.1. The smallest absolute Gasteiger partial charge is 0.160 e. The van der Waals surface area contributed by atoms with Crippen LogP contribution in [-0.2, 0) is 5.41 Å². The third-order valence-electron chi connectivity index (χ3n) is 4.45. The number of aldehydes is 1. The second-order valence-electron chi connectivity index (χ2n) is 6.97. The van der Waals surface area contributed by atoms with Crippen LogP contribution in [0, 0.1) is 0 Å². The second kappa shape index (κ2) is 7.60. The highest BCUT2D eigenvalue weighted by molar-refractivity contribution is 7.15. The van der Waals surface area contributed by atoms with Crippen LogP contribution in [0.4, 0.5) is 5.69 Å². The van der Waals surface area contributed by atoms with Gasteiger partial charge < -0.3 is 4.90 Å². The van der Waals surface area contributed by atoms with Gasteiger partial charge >= 0.3 is 0 Å². The first-order chi connectivity index (χ1) is 12.4. The zero-order valence-corrected chi connectivity index (χ0v) is 17.2. The number of rotatable bonds is 6. The van der Waals surface area contributed by atoms with Crippen molar-refractivity contribution in [3.63, 3.8) is 0 Å². The number of thiophene rings is 2. The summed E-state index contributed by atoms with van der Waals surface area (Å²) in [5, 5.41) is 0. The Hall–Kier alpha value is -2.17. The van der Waals surface area contributed by atoms with E-state index < -0.39 is 0 Å². The van der Waals surface area contributed by atoms with Gasteiger partial charge in [-0.05, 0) is 48.0 Å². The molecule has 4 heteroatoms. The Kier molecular flexibility index (Phi) is 5.44. The Morgan fingerprint density at radius 2 is 1.38 bits per heavy atom. The average Bonchev–Trinajstić information content (AvgIpc) is 3.30. The molecular formula is C22H23NOS2. The third kappa shape index (κ3) is 3.97. The molecule has 0 unspecified atom stereocenters. The maximum absolute atomic E-state index is 11.0. The van der Waals surface area contributed by atoms with E-state index >= 15 is 0 Å². The normalized spacial score (nSPS) is 11.8. The van der Waals surface area contributed by atoms with Crippen molar-refractivity contribution in [2.75, 3.05) is 19.0 Å². The van der Waals surface area contributed by atoms with E-state index in [2.05, 4.69) is 73.4 Å². The van der Waals surface area contributed by atoms with Gasteiger partial charge in [0.25, 0.3) is 0 Å². The van der Waals surface area contributed by atoms with E-state index in [-0.39, 0.29) is 5.41 Å². The van der Waals surface area contributed by atoms with Crippen molar-refractivity contribution < 1.29 is 4.79 Å². The summed E-state index contributed by atoms with van der Waals surface area (Å²) in [6, 6.07) is 16.9. The van der Waals surface area contributed by atoms with E-state index in [1.54, 1.807) is 22.7 Å². The van der Waals surface area contributed by atoms with Crippen molar-refractivity contribution in [2.24, 2.45) is 0 Å². The molecule has 2 heterocycles. The highest BCUT2D eigenvalue weighted by Crippen LogP contribution is 2.39. The molecule has 0 aliphatic carbocycles. The molecular weight excluding hydrogens is 358 g/mol. The van der Waals surface area contributed by atoms with Crippen molar-refractivity contribution in [3.05, 3.63) is 73.6 Å². The predicted molar refractivity (Wildman–Crippen MR) is 116 cm³/mol. The molecule has 3 rings (SSSR count). The lowest BCUT2D eigenvalue weighted by Crippen LogP contribution is -2.15. The topological polar surface area (TPSA) is 20.3 Å². The Morgan fingerprint density at radius 3 is 1.92 bits per heavy atom. The number of carbonyl (C=O) groups is 1. The molecule has 0 saturated heterocycles. The third-order valence-corrected chi connectivity index (χ3v) is 7.16. The zero-order valence-electron chi connectivity index (χ0n) is 15.5. The van der Waals surface area contributed by atoms with Gasteiger partial charge in [0.15, 0.2) is 6.29 Å². The SMILES string of the molecule is CN(C)c1ccc(/C=C/c2ccc(C(C)(C)c3ccc(C=O)s3)s2)cc1. The summed E-state index contributed by atoms with van der Waals surface area (Å²) in [4.78, 5) is 17.6. The largest absolute Gasteiger partial charge is 0.378 e. The van der Waals surface area contributed by atoms with Gasteiger partial charge in [-0.15, -0.1) is 22.7 Å². The minimum absolute atomic E-state index is 0.0873. The Balaban J connectivity index is 1.77. The van der Waals surface area contributed by atoms with E-state index in [1.807, 2.05) is 20.2 Å². The summed E-state index contributed by atoms with van der Waals surface area (Å²) in [5.74, 6) is 0. The first-order valence-electron chi connectivity index (χ1n) is 8.51. The fourth-order valence-corrected chi connectivity index (χ4v) is 4.74. The molecule has 0 N–H and O–H groups in total. The Labute approximate surface area is 163 Å². The van der Waals surface area contributed by atoms with Gasteiger partial charge in [-0.1, -0.05) is 32.1 Å². The standard InChI is InChI=1S/C22H23NOS2/c1-22(2,21-14-12-19(15-24)26-21)20-13-11-18(25-20)10-7-16-5-8-17(9-6-16)23(3)4/h5-15H,1-4H3/b10-7+. The fraction of sp³-hybridized carbons (Fsp3) is 0.227. The van der Waals surface area contributed by atoms with Gasteiger partial charge in [0.2, 0.25) is 0 Å². The highest BCUT2D eigenvalue weighted by Gasteiger charge is 2.26. The van der Waals surface area contributed by atoms with E-state index in [9.17, 15) is 4.79 Å². The fourth-order valence-electron chi connectivity index (χ4n) is 2.71. The molecule has 0 spiro atoms. The number of nitrogens with zero attached hydrogens (tertiary/aromatic N) is 1. The van der Waals surface area contributed by atoms with Crippen molar-refractivity contribution in [2.45, 2.75) is 19.3 Å². The summed E-state index contributed by atoms with van der Waals surface area (Å²) >= 11 is 3.38. The van der Waals surface area contributed by atoms with Crippen LogP contribution in [0.2, 0.25) is 0 Å². The molecule has 26 heavy (non-hydrogen) atoms. The summed E-state index contributed by atoms with van der Waals surface area (Å²) < 4.78 is 0. The maximum Gasteiger partial charge on any atom is 0.160 e. The quantitative estimate of drug-likeness (QED) is 0.475. The van der Waals surface area contributed by atoms with Crippen molar-refractivity contribution in [1.82, 2.24) is 0 Å². The first kappa shape index (κ1) is 18.6. The van der Waals surface area contributed by atoms with E-state index in [0.29, 0.717) is 0 Å². The molecule has 1 aromatic carbocycles. The van der Waals surface area contributed by atoms with Crippen molar-refractivity contribution >= 4 is 46.8 Å². The van der Waals surface area contributed by atoms with Gasteiger partial charge in [-0.25, -0.2) is 0 Å². The van der Waals surface area contributed by atoms with Crippen LogP contribution in [-0.4, -0.2) is 20.4 Å². The second-order valence-corrected chi connectivity index (χ2v) is 9.20. The van der Waals surface area contributed by atoms with E-state index in [1.165, 1.54) is 25.9 Å². The molecule has 0 radical (unpaired) electrons. The predicted octanol–water partition coefficient (Wildman–Crippen LogP) is 6.18. The molecule has 2 aromatic heterocycles. The van der Waals surface area contributed by atoms with Crippen LogP contribution in [0.5, 0.6) is 0 Å². The molecule has 0 atom stereocenters. The lowest BCUT2D eigenvalue weighted by molar-refractivity contribution is 0.112. The van der Waals surface area contributed by atoms with Crippen LogP contribution in [0.3, 0.4) is 0 Å². The lowest BCUT2D eigenvalue weighted by Gasteiger charge is -2.21. The monoisotopic (exact) mass is 381 g/mol. The van der Waals surface area contributed by atoms with Crippen LogP contribution >= 0.6 is 22.7 Å². The lowest BCUT2D eigenvalue weighted by atomic mass is 9.90. The van der Waals surface area contributed by atoms with Crippen LogP contribution in [0.25, 0.3) is 12.2 Å². The molecule has 0 fully saturated rings. The molecule has 134 valence electrons. The number of hydrogen-bond acceptors (Lipinski definition) is 4. The Bertz CT molecular complexity index is 914. The maximum atomic E-state index is 11.0. The molecule has 0 bridgehead atoms. The minimum atomic E-state index is -0.0873. The van der Waals surface area contributed by atoms with Gasteiger partial charge in [0.1, 0.15) is 0 Å². The molecule has 0 saturated carbocycles. The number of hydrogen-bond donors (Lipinski definition) is 0. The van der Waals surface area contributed by atoms with Gasteiger partial charge in [0, 0.05) is 39.8 Å². The van der Waals surface area contributed by atoms with Gasteiger partial charge in [-0.2, -0.15) is 0 Å². The molecule has 0 amide bonds. The van der Waals surface area contributed by atoms with Gasteiger partial charge in [-0.3, -0.25) is 4.79 Å². The first-order valence-corrected chi connectivity index (χ1v) is 10.1. The van der Waals surface area contributed by atoms with Crippen LogP contribution < -0.4 is 4.90 Å². The van der Waals surface area contributed by atoms with Crippen LogP contribution in [0.15, 0.2) is 48.5 Å². The summed E-state index contributed by atoms with van der Waals surface area (Å²) in [5.41, 5.74) is 2.31. The number of anilines is 1. The molecule has 0 aliphatic heterocycles. The summed E-state index contributed by atoms with van der Waals surface area (Å²) in [6.07, 6.45) is 5.24. The number of carbonyl (C=O) groups excluding carboxylic acids is 1. The average molecular weight is 382 g/mol. The van der Waals surface area contributed by atoms with Gasteiger partial charge in [0.05, 0.1) is 4.88 Å². The zero-order chi connectivity index (χ0) is 18.7. The van der Waals surface area contributed by atoms with Crippen molar-refractivity contribution in [1.29, 1.82) is 0 Å². The molecule has 2 nitrogen and oxygen atoms in total. The van der Waals surface area contributed by atoms with Crippen molar-refractivity contribution in [3.8, 4) is 0 Å². The Morgan fingerprint density at radius 1 is 0.808 bits per heavy atom. The van der Waals surface area contributed by atoms with E-state index in [0.717, 1.165) is 11.2 Å². The minimum Gasteiger partial charge on any atom is -0.378 e. The van der Waals surface area contributed by atoms with Crippen LogP contribution in [0.1, 0.15) is 43.7 Å².